The molecule has 0 saturated carbocycles. The summed E-state index contributed by atoms with van der Waals surface area (Å²) >= 11 is 1.63. The number of carbonyl (C=O) groups excluding carboxylic acids is 3. The number of aliphatic hydroxyl groups excluding tert-OH is 1. The Hall–Kier alpha value is -2.06. The summed E-state index contributed by atoms with van der Waals surface area (Å²) in [7, 11) is 1.59. The van der Waals surface area contributed by atoms with Crippen molar-refractivity contribution in [2.24, 2.45) is 11.8 Å². The molecule has 2 bridgehead atoms. The summed E-state index contributed by atoms with van der Waals surface area (Å²) in [6, 6.07) is 7.89. The van der Waals surface area contributed by atoms with Crippen LogP contribution in [0.15, 0.2) is 30.3 Å². The molecule has 32 heavy (non-hydrogen) atoms. The van der Waals surface area contributed by atoms with Gasteiger partial charge in [-0.25, -0.2) is 0 Å². The van der Waals surface area contributed by atoms with Crippen LogP contribution >= 0.6 is 11.8 Å². The molecule has 1 aromatic carbocycles. The molecule has 2 unspecified atom stereocenters. The summed E-state index contributed by atoms with van der Waals surface area (Å²) in [4.78, 5) is 42.3. The van der Waals surface area contributed by atoms with Crippen LogP contribution in [-0.4, -0.2) is 62.5 Å². The first-order chi connectivity index (χ1) is 15.0. The molecule has 1 spiro atoms. The maximum Gasteiger partial charge on any atom is 0.244 e. The molecular formula is C24H33N3O4S. The van der Waals surface area contributed by atoms with Crippen molar-refractivity contribution in [2.45, 2.75) is 67.7 Å². The molecule has 3 aliphatic rings. The molecule has 3 saturated heterocycles. The number of nitrogens with one attached hydrogen (secondary N) is 2. The van der Waals surface area contributed by atoms with E-state index in [1.165, 1.54) is 0 Å². The number of aliphatic hydroxyl groups is 1. The van der Waals surface area contributed by atoms with Gasteiger partial charge in [-0.2, -0.15) is 0 Å². The van der Waals surface area contributed by atoms with E-state index in [-0.39, 0.29) is 24.3 Å². The molecule has 0 aromatic heterocycles. The van der Waals surface area contributed by atoms with E-state index >= 15 is 0 Å². The average molecular weight is 460 g/mol. The van der Waals surface area contributed by atoms with Gasteiger partial charge in [0.2, 0.25) is 17.7 Å². The van der Waals surface area contributed by atoms with Crippen molar-refractivity contribution in [2.75, 3.05) is 13.7 Å². The summed E-state index contributed by atoms with van der Waals surface area (Å²) in [6.07, 6.45) is 1.45. The van der Waals surface area contributed by atoms with Crippen molar-refractivity contribution >= 4 is 29.5 Å². The zero-order valence-electron chi connectivity index (χ0n) is 19.3. The zero-order chi connectivity index (χ0) is 23.5. The molecule has 4 rings (SSSR count). The van der Waals surface area contributed by atoms with Gasteiger partial charge in [0.1, 0.15) is 6.04 Å². The van der Waals surface area contributed by atoms with Crippen LogP contribution < -0.4 is 10.6 Å². The highest BCUT2D eigenvalue weighted by atomic mass is 32.2. The predicted molar refractivity (Wildman–Crippen MR) is 124 cm³/mol. The number of rotatable bonds is 5. The number of likely N-dealkylation sites (tertiary alicyclic amines) is 1. The molecular weight excluding hydrogens is 426 g/mol. The fraction of sp³-hybridized carbons (Fsp3) is 0.625. The van der Waals surface area contributed by atoms with Gasteiger partial charge in [0.15, 0.2) is 0 Å². The van der Waals surface area contributed by atoms with Gasteiger partial charge in [0.05, 0.1) is 29.2 Å². The van der Waals surface area contributed by atoms with Gasteiger partial charge in [-0.15, -0.1) is 11.8 Å². The predicted octanol–water partition coefficient (Wildman–Crippen LogP) is 1.86. The number of fused-ring (bicyclic) bond motifs is 1. The standard InChI is InChI=1S/C24H33N3O4S/c1-22(2,3)26-20(30)18-24-12-11-23(4,32-24)16(19(29)25-5)17(24)21(31)27(18)15(13-28)14-9-7-6-8-10-14/h6-10,15-18,28H,11-13H2,1-5H3,(H,25,29)(H,26,30)/t15-,16-,17+,18?,23+,24?/m1/s1. The highest BCUT2D eigenvalue weighted by molar-refractivity contribution is 8.02. The Labute approximate surface area is 193 Å². The van der Waals surface area contributed by atoms with Crippen LogP contribution in [0.3, 0.4) is 0 Å². The first-order valence-corrected chi connectivity index (χ1v) is 12.0. The molecule has 0 aliphatic carbocycles. The molecule has 3 N–H and O–H groups in total. The Morgan fingerprint density at radius 2 is 1.88 bits per heavy atom. The van der Waals surface area contributed by atoms with Crippen LogP contribution in [0.1, 0.15) is 52.1 Å². The van der Waals surface area contributed by atoms with Gasteiger partial charge in [-0.05, 0) is 46.1 Å². The fourth-order valence-electron chi connectivity index (χ4n) is 6.02. The van der Waals surface area contributed by atoms with Crippen molar-refractivity contribution in [3.63, 3.8) is 0 Å². The molecule has 3 heterocycles. The van der Waals surface area contributed by atoms with Gasteiger partial charge in [0, 0.05) is 17.3 Å². The maximum atomic E-state index is 14.0. The summed E-state index contributed by atoms with van der Waals surface area (Å²) in [5.41, 5.74) is 0.295. The smallest absolute Gasteiger partial charge is 0.244 e. The van der Waals surface area contributed by atoms with Gasteiger partial charge >= 0.3 is 0 Å². The molecule has 174 valence electrons. The maximum absolute atomic E-state index is 14.0. The third kappa shape index (κ3) is 3.34. The van der Waals surface area contributed by atoms with E-state index in [2.05, 4.69) is 10.6 Å². The molecule has 3 fully saturated rings. The van der Waals surface area contributed by atoms with E-state index in [9.17, 15) is 19.5 Å². The molecule has 3 aliphatic heterocycles. The Bertz CT molecular complexity index is 933. The van der Waals surface area contributed by atoms with Crippen molar-refractivity contribution < 1.29 is 19.5 Å². The van der Waals surface area contributed by atoms with Gasteiger partial charge in [-0.3, -0.25) is 14.4 Å². The Balaban J connectivity index is 1.85. The topological polar surface area (TPSA) is 98.7 Å². The Kier molecular flexibility index (Phi) is 5.61. The second-order valence-electron chi connectivity index (χ2n) is 10.4. The molecule has 1 aromatic rings. The minimum Gasteiger partial charge on any atom is -0.394 e. The Morgan fingerprint density at radius 3 is 2.44 bits per heavy atom. The quantitative estimate of drug-likeness (QED) is 0.624. The lowest BCUT2D eigenvalue weighted by Crippen LogP contribution is -2.57. The van der Waals surface area contributed by atoms with Crippen LogP contribution in [0.4, 0.5) is 0 Å². The third-order valence-electron chi connectivity index (χ3n) is 7.18. The monoisotopic (exact) mass is 459 g/mol. The number of hydrogen-bond acceptors (Lipinski definition) is 5. The van der Waals surface area contributed by atoms with Crippen molar-refractivity contribution in [3.05, 3.63) is 35.9 Å². The van der Waals surface area contributed by atoms with Crippen LogP contribution in [-0.2, 0) is 14.4 Å². The number of amides is 3. The minimum absolute atomic E-state index is 0.156. The number of benzene rings is 1. The van der Waals surface area contributed by atoms with Crippen molar-refractivity contribution in [1.29, 1.82) is 0 Å². The summed E-state index contributed by atoms with van der Waals surface area (Å²) in [5.74, 6) is -1.70. The summed E-state index contributed by atoms with van der Waals surface area (Å²) in [5, 5.41) is 16.2. The van der Waals surface area contributed by atoms with E-state index < -0.39 is 39.0 Å². The van der Waals surface area contributed by atoms with Crippen molar-refractivity contribution in [1.82, 2.24) is 15.5 Å². The summed E-state index contributed by atoms with van der Waals surface area (Å²) < 4.78 is -1.09. The van der Waals surface area contributed by atoms with Crippen molar-refractivity contribution in [3.8, 4) is 0 Å². The number of hydrogen-bond donors (Lipinski definition) is 3. The highest BCUT2D eigenvalue weighted by Crippen LogP contribution is 2.71. The number of carbonyl (C=O) groups is 3. The fourth-order valence-corrected chi connectivity index (χ4v) is 8.37. The van der Waals surface area contributed by atoms with E-state index in [4.69, 9.17) is 0 Å². The molecule has 0 radical (unpaired) electrons. The molecule has 3 amide bonds. The zero-order valence-corrected chi connectivity index (χ0v) is 20.2. The Morgan fingerprint density at radius 1 is 1.22 bits per heavy atom. The lowest BCUT2D eigenvalue weighted by atomic mass is 9.66. The van der Waals surface area contributed by atoms with E-state index in [1.54, 1.807) is 23.7 Å². The largest absolute Gasteiger partial charge is 0.394 e. The summed E-state index contributed by atoms with van der Waals surface area (Å²) in [6.45, 7) is 7.48. The van der Waals surface area contributed by atoms with E-state index in [0.29, 0.717) is 6.42 Å². The van der Waals surface area contributed by atoms with Gasteiger partial charge < -0.3 is 20.6 Å². The van der Waals surface area contributed by atoms with Crippen LogP contribution in [0.5, 0.6) is 0 Å². The first-order valence-electron chi connectivity index (χ1n) is 11.2. The molecule has 8 heteroatoms. The second-order valence-corrected chi connectivity index (χ2v) is 12.3. The van der Waals surface area contributed by atoms with E-state index in [1.807, 2.05) is 58.0 Å². The van der Waals surface area contributed by atoms with E-state index in [0.717, 1.165) is 12.0 Å². The van der Waals surface area contributed by atoms with Gasteiger partial charge in [0.25, 0.3) is 0 Å². The average Bonchev–Trinajstić information content (AvgIpc) is 3.29. The first kappa shape index (κ1) is 23.1. The lowest BCUT2D eigenvalue weighted by Gasteiger charge is -2.38. The number of thioether (sulfide) groups is 1. The SMILES string of the molecule is CNC(=O)[C@H]1[C@H]2C(=O)N([C@H](CO)c3ccccc3)C(C(=O)NC(C)(C)C)C23CC[C@]1(C)S3. The minimum atomic E-state index is -0.766. The number of nitrogens with zero attached hydrogens (tertiary/aromatic N) is 1. The normalized spacial score (nSPS) is 34.4. The van der Waals surface area contributed by atoms with Crippen LogP contribution in [0, 0.1) is 11.8 Å². The molecule has 7 nitrogen and oxygen atoms in total. The second kappa shape index (κ2) is 7.76. The third-order valence-corrected chi connectivity index (χ3v) is 9.17. The van der Waals surface area contributed by atoms with Crippen LogP contribution in [0.2, 0.25) is 0 Å². The highest BCUT2D eigenvalue weighted by Gasteiger charge is 2.77. The van der Waals surface area contributed by atoms with Crippen LogP contribution in [0.25, 0.3) is 0 Å². The van der Waals surface area contributed by atoms with Gasteiger partial charge in [-0.1, -0.05) is 30.3 Å². The lowest BCUT2D eigenvalue weighted by molar-refractivity contribution is -0.143. The molecule has 6 atom stereocenters.